The summed E-state index contributed by atoms with van der Waals surface area (Å²) in [7, 11) is 2.01. The second-order valence-corrected chi connectivity index (χ2v) is 5.82. The zero-order chi connectivity index (χ0) is 16.4. The van der Waals surface area contributed by atoms with Crippen LogP contribution in [0.1, 0.15) is 22.0 Å². The van der Waals surface area contributed by atoms with Crippen LogP contribution in [0.5, 0.6) is 0 Å². The zero-order valence-electron chi connectivity index (χ0n) is 12.9. The first kappa shape index (κ1) is 15.6. The maximum absolute atomic E-state index is 13.4. The topological polar surface area (TPSA) is 23.6 Å². The largest absolute Gasteiger partial charge is 0.329 e. The van der Waals surface area contributed by atoms with Crippen molar-refractivity contribution in [2.45, 2.75) is 6.04 Å². The van der Waals surface area contributed by atoms with Crippen LogP contribution in [0.15, 0.2) is 48.5 Å². The molecular formula is C18H18F2N2O. The third-order valence-electron chi connectivity index (χ3n) is 4.20. The molecule has 0 bridgehead atoms. The van der Waals surface area contributed by atoms with Gasteiger partial charge in [0.2, 0.25) is 0 Å². The molecule has 5 heteroatoms. The van der Waals surface area contributed by atoms with Gasteiger partial charge in [0.15, 0.2) is 11.6 Å². The Labute approximate surface area is 134 Å². The van der Waals surface area contributed by atoms with E-state index >= 15 is 0 Å². The molecule has 0 radical (unpaired) electrons. The van der Waals surface area contributed by atoms with Gasteiger partial charge in [0.25, 0.3) is 5.91 Å². The fraction of sp³-hybridized carbons (Fsp3) is 0.278. The number of likely N-dealkylation sites (N-methyl/N-ethyl adjacent to an activating group) is 1. The molecule has 0 aliphatic carbocycles. The molecule has 1 heterocycles. The highest BCUT2D eigenvalue weighted by Crippen LogP contribution is 2.26. The quantitative estimate of drug-likeness (QED) is 0.850. The fourth-order valence-corrected chi connectivity index (χ4v) is 2.92. The maximum atomic E-state index is 13.4. The van der Waals surface area contributed by atoms with E-state index in [1.165, 1.54) is 6.07 Å². The van der Waals surface area contributed by atoms with Crippen LogP contribution in [0.25, 0.3) is 0 Å². The van der Waals surface area contributed by atoms with Crippen molar-refractivity contribution in [1.29, 1.82) is 0 Å². The van der Waals surface area contributed by atoms with Crippen LogP contribution in [-0.2, 0) is 0 Å². The van der Waals surface area contributed by atoms with Crippen molar-refractivity contribution in [2.75, 3.05) is 26.7 Å². The normalized spacial score (nSPS) is 18.9. The van der Waals surface area contributed by atoms with Crippen LogP contribution in [-0.4, -0.2) is 42.4 Å². The van der Waals surface area contributed by atoms with Crippen LogP contribution in [0, 0.1) is 11.6 Å². The predicted octanol–water partition coefficient (Wildman–Crippen LogP) is 3.09. The Bertz CT molecular complexity index is 705. The summed E-state index contributed by atoms with van der Waals surface area (Å²) in [6.07, 6.45) is 0. The maximum Gasteiger partial charge on any atom is 0.254 e. The molecule has 3 rings (SSSR count). The Hall–Kier alpha value is -2.27. The van der Waals surface area contributed by atoms with Gasteiger partial charge >= 0.3 is 0 Å². The molecule has 0 aromatic heterocycles. The summed E-state index contributed by atoms with van der Waals surface area (Å²) in [6.45, 7) is 2.01. The molecule has 2 aromatic rings. The first-order chi connectivity index (χ1) is 11.1. The van der Waals surface area contributed by atoms with Crippen LogP contribution >= 0.6 is 0 Å². The van der Waals surface area contributed by atoms with Gasteiger partial charge < -0.3 is 9.80 Å². The molecule has 3 nitrogen and oxygen atoms in total. The van der Waals surface area contributed by atoms with E-state index in [4.69, 9.17) is 0 Å². The Morgan fingerprint density at radius 3 is 2.48 bits per heavy atom. The lowest BCUT2D eigenvalue weighted by Gasteiger charge is -2.40. The van der Waals surface area contributed by atoms with Crippen LogP contribution in [0.3, 0.4) is 0 Å². The number of piperazine rings is 1. The first-order valence-electron chi connectivity index (χ1n) is 7.56. The van der Waals surface area contributed by atoms with Crippen LogP contribution < -0.4 is 0 Å². The molecule has 0 N–H and O–H groups in total. The molecule has 0 saturated carbocycles. The molecule has 0 spiro atoms. The van der Waals surface area contributed by atoms with E-state index in [1.54, 1.807) is 4.90 Å². The first-order valence-corrected chi connectivity index (χ1v) is 7.56. The summed E-state index contributed by atoms with van der Waals surface area (Å²) in [4.78, 5) is 16.7. The summed E-state index contributed by atoms with van der Waals surface area (Å²) in [6, 6.07) is 13.0. The minimum absolute atomic E-state index is 0.101. The predicted molar refractivity (Wildman–Crippen MR) is 84.1 cm³/mol. The average Bonchev–Trinajstić information content (AvgIpc) is 2.57. The highest BCUT2D eigenvalue weighted by molar-refractivity contribution is 5.94. The summed E-state index contributed by atoms with van der Waals surface area (Å²) < 4.78 is 26.5. The van der Waals surface area contributed by atoms with Gasteiger partial charge in [-0.3, -0.25) is 4.79 Å². The zero-order valence-corrected chi connectivity index (χ0v) is 12.9. The van der Waals surface area contributed by atoms with E-state index in [9.17, 15) is 13.6 Å². The number of amides is 1. The van der Waals surface area contributed by atoms with Gasteiger partial charge in [-0.2, -0.15) is 0 Å². The minimum Gasteiger partial charge on any atom is -0.329 e. The minimum atomic E-state index is -0.999. The lowest BCUT2D eigenvalue weighted by atomic mass is 10.0. The van der Waals surface area contributed by atoms with Gasteiger partial charge in [0.1, 0.15) is 0 Å². The van der Waals surface area contributed by atoms with Crippen molar-refractivity contribution in [1.82, 2.24) is 9.80 Å². The van der Waals surface area contributed by atoms with Crippen molar-refractivity contribution < 1.29 is 13.6 Å². The van der Waals surface area contributed by atoms with Crippen molar-refractivity contribution >= 4 is 5.91 Å². The SMILES string of the molecule is CN1CCN(C(=O)c2ccc(F)c(F)c2)[C@H](c2ccccc2)C1. The molecule has 1 fully saturated rings. The van der Waals surface area contributed by atoms with Gasteiger partial charge in [0, 0.05) is 25.2 Å². The Kier molecular flexibility index (Phi) is 4.39. The molecule has 1 aliphatic heterocycles. The van der Waals surface area contributed by atoms with Gasteiger partial charge in [-0.25, -0.2) is 8.78 Å². The van der Waals surface area contributed by atoms with Gasteiger partial charge in [-0.15, -0.1) is 0 Å². The Balaban J connectivity index is 1.91. The van der Waals surface area contributed by atoms with Gasteiger partial charge in [-0.1, -0.05) is 30.3 Å². The van der Waals surface area contributed by atoms with E-state index < -0.39 is 11.6 Å². The van der Waals surface area contributed by atoms with E-state index in [0.29, 0.717) is 13.1 Å². The summed E-state index contributed by atoms with van der Waals surface area (Å²) in [5, 5.41) is 0. The summed E-state index contributed by atoms with van der Waals surface area (Å²) in [5.74, 6) is -2.22. The third kappa shape index (κ3) is 3.24. The van der Waals surface area contributed by atoms with E-state index in [-0.39, 0.29) is 17.5 Å². The number of hydrogen-bond acceptors (Lipinski definition) is 2. The molecule has 1 atom stereocenters. The number of benzene rings is 2. The molecular weight excluding hydrogens is 298 g/mol. The van der Waals surface area contributed by atoms with Crippen molar-refractivity contribution in [3.63, 3.8) is 0 Å². The number of hydrogen-bond donors (Lipinski definition) is 0. The molecule has 1 amide bonds. The monoisotopic (exact) mass is 316 g/mol. The highest BCUT2D eigenvalue weighted by Gasteiger charge is 2.31. The molecule has 23 heavy (non-hydrogen) atoms. The number of nitrogens with zero attached hydrogens (tertiary/aromatic N) is 2. The van der Waals surface area contributed by atoms with Gasteiger partial charge in [-0.05, 0) is 30.8 Å². The lowest BCUT2D eigenvalue weighted by molar-refractivity contribution is 0.0497. The van der Waals surface area contributed by atoms with E-state index in [1.807, 2.05) is 37.4 Å². The number of halogens is 2. The second-order valence-electron chi connectivity index (χ2n) is 5.82. The smallest absolute Gasteiger partial charge is 0.254 e. The molecule has 2 aromatic carbocycles. The molecule has 0 unspecified atom stereocenters. The van der Waals surface area contributed by atoms with Crippen molar-refractivity contribution in [3.05, 3.63) is 71.3 Å². The van der Waals surface area contributed by atoms with E-state index in [2.05, 4.69) is 4.90 Å². The van der Waals surface area contributed by atoms with Crippen molar-refractivity contribution in [3.8, 4) is 0 Å². The van der Waals surface area contributed by atoms with Crippen LogP contribution in [0.4, 0.5) is 8.78 Å². The molecule has 120 valence electrons. The number of carbonyl (C=O) groups is 1. The van der Waals surface area contributed by atoms with Crippen molar-refractivity contribution in [2.24, 2.45) is 0 Å². The average molecular weight is 316 g/mol. The Morgan fingerprint density at radius 2 is 1.78 bits per heavy atom. The summed E-state index contributed by atoms with van der Waals surface area (Å²) >= 11 is 0. The fourth-order valence-electron chi connectivity index (χ4n) is 2.92. The third-order valence-corrected chi connectivity index (χ3v) is 4.20. The standard InChI is InChI=1S/C18H18F2N2O/c1-21-9-10-22(17(12-21)13-5-3-2-4-6-13)18(23)14-7-8-15(19)16(20)11-14/h2-8,11,17H,9-10,12H2,1H3/t17-/m0/s1. The molecule has 1 aliphatic rings. The highest BCUT2D eigenvalue weighted by atomic mass is 19.2. The Morgan fingerprint density at radius 1 is 1.04 bits per heavy atom. The summed E-state index contributed by atoms with van der Waals surface area (Å²) in [5.41, 5.74) is 1.21. The van der Waals surface area contributed by atoms with Gasteiger partial charge in [0.05, 0.1) is 6.04 Å². The van der Waals surface area contributed by atoms with Crippen LogP contribution in [0.2, 0.25) is 0 Å². The lowest BCUT2D eigenvalue weighted by Crippen LogP contribution is -2.49. The van der Waals surface area contributed by atoms with E-state index in [0.717, 1.165) is 24.2 Å². The number of rotatable bonds is 2. The second kappa shape index (κ2) is 6.46. The molecule has 1 saturated heterocycles. The number of carbonyl (C=O) groups excluding carboxylic acids is 1.